The minimum Gasteiger partial charge on any atom is -0.355 e. The molecule has 3 aromatic rings. The molecule has 8 heteroatoms. The molecule has 0 fully saturated rings. The minimum absolute atomic E-state index is 0.0992. The van der Waals surface area contributed by atoms with Crippen LogP contribution >= 0.6 is 0 Å². The van der Waals surface area contributed by atoms with Gasteiger partial charge in [-0.05, 0) is 75.9 Å². The highest BCUT2D eigenvalue weighted by Crippen LogP contribution is 2.28. The zero-order valence-electron chi connectivity index (χ0n) is 23.7. The maximum absolute atomic E-state index is 14.1. The van der Waals surface area contributed by atoms with Crippen molar-refractivity contribution < 1.29 is 18.0 Å². The maximum atomic E-state index is 14.1. The molecule has 7 nitrogen and oxygen atoms in total. The average Bonchev–Trinajstić information content (AvgIpc) is 2.89. The smallest absolute Gasteiger partial charge is 0.264 e. The van der Waals surface area contributed by atoms with Gasteiger partial charge in [0.15, 0.2) is 0 Å². The Labute approximate surface area is 232 Å². The molecule has 0 saturated carbocycles. The van der Waals surface area contributed by atoms with Crippen molar-refractivity contribution in [2.24, 2.45) is 0 Å². The Bertz CT molecular complexity index is 1420. The summed E-state index contributed by atoms with van der Waals surface area (Å²) in [5.74, 6) is -0.714. The number of likely N-dealkylation sites (N-methyl/N-ethyl adjacent to an activating group) is 1. The second-order valence-corrected chi connectivity index (χ2v) is 11.7. The lowest BCUT2D eigenvalue weighted by Gasteiger charge is -2.34. The quantitative estimate of drug-likeness (QED) is 0.362. The van der Waals surface area contributed by atoms with E-state index in [0.29, 0.717) is 18.7 Å². The molecule has 1 atom stereocenters. The van der Waals surface area contributed by atoms with Gasteiger partial charge in [0.25, 0.3) is 10.0 Å². The summed E-state index contributed by atoms with van der Waals surface area (Å²) in [7, 11) is -4.09. The third-order valence-electron chi connectivity index (χ3n) is 6.85. The number of amides is 2. The van der Waals surface area contributed by atoms with E-state index in [2.05, 4.69) is 5.32 Å². The predicted octanol–water partition coefficient (Wildman–Crippen LogP) is 5.06. The number of nitrogens with one attached hydrogen (secondary N) is 1. The van der Waals surface area contributed by atoms with Crippen LogP contribution in [0, 0.1) is 27.7 Å². The second-order valence-electron chi connectivity index (χ2n) is 9.88. The summed E-state index contributed by atoms with van der Waals surface area (Å²) in [6.45, 7) is 11.5. The van der Waals surface area contributed by atoms with Crippen molar-refractivity contribution in [2.45, 2.75) is 65.4 Å². The van der Waals surface area contributed by atoms with Crippen molar-refractivity contribution in [3.63, 3.8) is 0 Å². The summed E-state index contributed by atoms with van der Waals surface area (Å²) >= 11 is 0. The molecular weight excluding hydrogens is 510 g/mol. The van der Waals surface area contributed by atoms with Crippen molar-refractivity contribution in [2.75, 3.05) is 17.4 Å². The van der Waals surface area contributed by atoms with Crippen molar-refractivity contribution in [1.29, 1.82) is 0 Å². The molecule has 0 spiro atoms. The van der Waals surface area contributed by atoms with Crippen LogP contribution < -0.4 is 9.62 Å². The van der Waals surface area contributed by atoms with Crippen LogP contribution in [0.3, 0.4) is 0 Å². The summed E-state index contributed by atoms with van der Waals surface area (Å²) in [6, 6.07) is 19.0. The largest absolute Gasteiger partial charge is 0.355 e. The molecule has 0 radical (unpaired) electrons. The first kappa shape index (κ1) is 29.9. The van der Waals surface area contributed by atoms with E-state index in [1.54, 1.807) is 30.3 Å². The Kier molecular flexibility index (Phi) is 9.92. The van der Waals surface area contributed by atoms with Gasteiger partial charge < -0.3 is 10.2 Å². The number of hydrogen-bond acceptors (Lipinski definition) is 4. The molecule has 3 aromatic carbocycles. The fraction of sp³-hybridized carbons (Fsp3) is 0.355. The molecule has 1 N–H and O–H groups in total. The van der Waals surface area contributed by atoms with Crippen molar-refractivity contribution in [3.8, 4) is 0 Å². The van der Waals surface area contributed by atoms with Crippen LogP contribution in [0.15, 0.2) is 71.6 Å². The minimum atomic E-state index is -4.09. The van der Waals surface area contributed by atoms with Crippen LogP contribution in [-0.4, -0.2) is 44.3 Å². The molecule has 0 bridgehead atoms. The summed E-state index contributed by atoms with van der Waals surface area (Å²) in [5, 5.41) is 2.83. The van der Waals surface area contributed by atoms with Crippen LogP contribution in [0.5, 0.6) is 0 Å². The van der Waals surface area contributed by atoms with Gasteiger partial charge >= 0.3 is 0 Å². The first-order valence-corrected chi connectivity index (χ1v) is 14.7. The molecule has 3 rings (SSSR count). The molecule has 0 aliphatic rings. The number of sulfonamides is 1. The molecule has 1 unspecified atom stereocenters. The Balaban J connectivity index is 2.11. The van der Waals surface area contributed by atoms with E-state index in [1.165, 1.54) is 9.21 Å². The molecule has 0 aromatic heterocycles. The van der Waals surface area contributed by atoms with Crippen LogP contribution in [-0.2, 0) is 26.2 Å². The highest BCUT2D eigenvalue weighted by atomic mass is 32.2. The van der Waals surface area contributed by atoms with E-state index < -0.39 is 28.5 Å². The molecule has 0 aliphatic heterocycles. The highest BCUT2D eigenvalue weighted by Gasteiger charge is 2.34. The molecule has 0 aliphatic carbocycles. The first-order chi connectivity index (χ1) is 18.5. The number of anilines is 1. The van der Waals surface area contributed by atoms with Gasteiger partial charge in [-0.1, -0.05) is 66.6 Å². The summed E-state index contributed by atoms with van der Waals surface area (Å²) < 4.78 is 29.2. The van der Waals surface area contributed by atoms with Gasteiger partial charge in [0, 0.05) is 13.1 Å². The lowest BCUT2D eigenvalue weighted by molar-refractivity contribution is -0.140. The topological polar surface area (TPSA) is 86.8 Å². The number of rotatable bonds is 11. The van der Waals surface area contributed by atoms with Gasteiger partial charge in [-0.15, -0.1) is 0 Å². The Hall–Kier alpha value is -3.65. The van der Waals surface area contributed by atoms with Crippen molar-refractivity contribution in [3.05, 3.63) is 94.5 Å². The summed E-state index contributed by atoms with van der Waals surface area (Å²) in [5.41, 5.74) is 4.96. The van der Waals surface area contributed by atoms with E-state index >= 15 is 0 Å². The van der Waals surface area contributed by atoms with Crippen LogP contribution in [0.2, 0.25) is 0 Å². The number of carbonyl (C=O) groups is 2. The van der Waals surface area contributed by atoms with E-state index in [4.69, 9.17) is 0 Å². The molecule has 2 amide bonds. The van der Waals surface area contributed by atoms with E-state index in [0.717, 1.165) is 27.8 Å². The van der Waals surface area contributed by atoms with Crippen molar-refractivity contribution in [1.82, 2.24) is 10.2 Å². The van der Waals surface area contributed by atoms with Gasteiger partial charge in [0.1, 0.15) is 12.6 Å². The van der Waals surface area contributed by atoms with Gasteiger partial charge in [0.2, 0.25) is 11.8 Å². The summed E-state index contributed by atoms with van der Waals surface area (Å²) in [4.78, 5) is 28.8. The molecule has 0 saturated heterocycles. The number of aryl methyl sites for hydroxylation is 4. The normalized spacial score (nSPS) is 12.1. The second kappa shape index (κ2) is 12.9. The summed E-state index contributed by atoms with van der Waals surface area (Å²) in [6.07, 6.45) is 0.387. The monoisotopic (exact) mass is 549 g/mol. The lowest BCUT2D eigenvalue weighted by Crippen LogP contribution is -2.52. The first-order valence-electron chi connectivity index (χ1n) is 13.3. The number of nitrogens with zero attached hydrogens (tertiary/aromatic N) is 2. The van der Waals surface area contributed by atoms with Crippen LogP contribution in [0.4, 0.5) is 5.69 Å². The molecule has 0 heterocycles. The Morgan fingerprint density at radius 1 is 0.846 bits per heavy atom. The van der Waals surface area contributed by atoms with Crippen LogP contribution in [0.1, 0.15) is 48.1 Å². The zero-order valence-corrected chi connectivity index (χ0v) is 24.5. The fourth-order valence-electron chi connectivity index (χ4n) is 4.62. The van der Waals surface area contributed by atoms with E-state index in [-0.39, 0.29) is 17.3 Å². The lowest BCUT2D eigenvalue weighted by atomic mass is 10.1. The van der Waals surface area contributed by atoms with Gasteiger partial charge in [-0.25, -0.2) is 8.42 Å². The number of benzene rings is 3. The highest BCUT2D eigenvalue weighted by molar-refractivity contribution is 7.92. The zero-order chi connectivity index (χ0) is 28.7. The number of carbonyl (C=O) groups excluding carboxylic acids is 2. The molecule has 39 heavy (non-hydrogen) atoms. The third kappa shape index (κ3) is 7.06. The SMILES string of the molecule is CCNC(=O)C(CC)N(Cc1ccccc1C)C(=O)CN(c1ccc(C)cc1C)S(=O)(=O)c1ccc(C)cc1. The molecular formula is C31H39N3O4S. The van der Waals surface area contributed by atoms with E-state index in [9.17, 15) is 18.0 Å². The average molecular weight is 550 g/mol. The Morgan fingerprint density at radius 3 is 2.08 bits per heavy atom. The molecule has 208 valence electrons. The standard InChI is InChI=1S/C31H39N3O4S/c1-7-28(31(36)32-8-2)33(20-26-12-10-9-11-24(26)5)30(35)21-34(29-18-15-23(4)19-25(29)6)39(37,38)27-16-13-22(3)14-17-27/h9-19,28H,7-8,20-21H2,1-6H3,(H,32,36). The van der Waals surface area contributed by atoms with Crippen molar-refractivity contribution >= 4 is 27.5 Å². The fourth-order valence-corrected chi connectivity index (χ4v) is 6.10. The predicted molar refractivity (Wildman–Crippen MR) is 156 cm³/mol. The van der Waals surface area contributed by atoms with Gasteiger partial charge in [0.05, 0.1) is 10.6 Å². The van der Waals surface area contributed by atoms with E-state index in [1.807, 2.05) is 77.9 Å². The maximum Gasteiger partial charge on any atom is 0.264 e. The number of hydrogen-bond donors (Lipinski definition) is 1. The van der Waals surface area contributed by atoms with Crippen LogP contribution in [0.25, 0.3) is 0 Å². The van der Waals surface area contributed by atoms with Gasteiger partial charge in [-0.3, -0.25) is 13.9 Å². The van der Waals surface area contributed by atoms with Gasteiger partial charge in [-0.2, -0.15) is 0 Å². The third-order valence-corrected chi connectivity index (χ3v) is 8.62. The Morgan fingerprint density at radius 2 is 1.49 bits per heavy atom.